The van der Waals surface area contributed by atoms with Crippen molar-refractivity contribution < 1.29 is 4.39 Å². The Morgan fingerprint density at radius 3 is 2.81 bits per heavy atom. The molecule has 16 heavy (non-hydrogen) atoms. The summed E-state index contributed by atoms with van der Waals surface area (Å²) in [5.41, 5.74) is 4.33. The van der Waals surface area contributed by atoms with Gasteiger partial charge < -0.3 is 0 Å². The van der Waals surface area contributed by atoms with Gasteiger partial charge in [0.2, 0.25) is 0 Å². The fraction of sp³-hybridized carbons (Fsp3) is 0.182. The molecule has 0 radical (unpaired) electrons. The van der Waals surface area contributed by atoms with Crippen LogP contribution in [0.2, 0.25) is 0 Å². The minimum absolute atomic E-state index is 0.246. The number of nitrogens with one attached hydrogen (secondary N) is 1. The largest absolute Gasteiger partial charge is 0.275 e. The normalized spacial score (nSPS) is 12.7. The van der Waals surface area contributed by atoms with Crippen molar-refractivity contribution in [2.24, 2.45) is 12.9 Å². The number of halogens is 1. The van der Waals surface area contributed by atoms with E-state index in [2.05, 4.69) is 10.5 Å². The Hall–Kier alpha value is -1.72. The van der Waals surface area contributed by atoms with E-state index in [1.54, 1.807) is 16.9 Å². The highest BCUT2D eigenvalue weighted by atomic mass is 19.1. The number of benzene rings is 1. The highest BCUT2D eigenvalue weighted by Gasteiger charge is 2.14. The minimum Gasteiger partial charge on any atom is -0.275 e. The molecule has 84 valence electrons. The Morgan fingerprint density at radius 1 is 1.44 bits per heavy atom. The number of hydrogen-bond donors (Lipinski definition) is 2. The van der Waals surface area contributed by atoms with Gasteiger partial charge in [0.1, 0.15) is 5.82 Å². The number of hydrazine groups is 1. The molecule has 0 saturated heterocycles. The van der Waals surface area contributed by atoms with Gasteiger partial charge in [0.05, 0.1) is 12.2 Å². The van der Waals surface area contributed by atoms with Gasteiger partial charge in [-0.25, -0.2) is 9.82 Å². The van der Waals surface area contributed by atoms with Gasteiger partial charge in [-0.05, 0) is 17.7 Å². The molecule has 0 spiro atoms. The summed E-state index contributed by atoms with van der Waals surface area (Å²) in [5, 5.41) is 4.06. The molecule has 0 aliphatic rings. The van der Waals surface area contributed by atoms with Crippen molar-refractivity contribution in [2.75, 3.05) is 0 Å². The first-order chi connectivity index (χ1) is 7.70. The first-order valence-electron chi connectivity index (χ1n) is 4.91. The van der Waals surface area contributed by atoms with Crippen LogP contribution in [0.3, 0.4) is 0 Å². The fourth-order valence-electron chi connectivity index (χ4n) is 1.66. The van der Waals surface area contributed by atoms with Crippen LogP contribution in [0.4, 0.5) is 4.39 Å². The van der Waals surface area contributed by atoms with Crippen LogP contribution in [0.5, 0.6) is 0 Å². The van der Waals surface area contributed by atoms with Crippen LogP contribution >= 0.6 is 0 Å². The van der Waals surface area contributed by atoms with Crippen molar-refractivity contribution in [3.05, 3.63) is 53.6 Å². The maximum Gasteiger partial charge on any atom is 0.123 e. The predicted octanol–water partition coefficient (Wildman–Crippen LogP) is 1.11. The van der Waals surface area contributed by atoms with E-state index in [1.807, 2.05) is 19.3 Å². The lowest BCUT2D eigenvalue weighted by Gasteiger charge is -2.14. The second kappa shape index (κ2) is 4.42. The van der Waals surface area contributed by atoms with E-state index < -0.39 is 0 Å². The molecule has 0 saturated carbocycles. The van der Waals surface area contributed by atoms with E-state index in [0.29, 0.717) is 0 Å². The fourth-order valence-corrected chi connectivity index (χ4v) is 1.66. The molecule has 0 aliphatic carbocycles. The molecule has 3 N–H and O–H groups in total. The smallest absolute Gasteiger partial charge is 0.123 e. The zero-order valence-electron chi connectivity index (χ0n) is 8.89. The molecule has 1 aromatic carbocycles. The Bertz CT molecular complexity index is 480. The lowest BCUT2D eigenvalue weighted by molar-refractivity contribution is 0.605. The topological polar surface area (TPSA) is 55.9 Å². The third-order valence-electron chi connectivity index (χ3n) is 2.41. The van der Waals surface area contributed by atoms with Crippen LogP contribution in [0.15, 0.2) is 36.7 Å². The quantitative estimate of drug-likeness (QED) is 0.602. The van der Waals surface area contributed by atoms with E-state index in [9.17, 15) is 4.39 Å². The predicted molar refractivity (Wildman–Crippen MR) is 58.8 cm³/mol. The second-order valence-corrected chi connectivity index (χ2v) is 3.60. The summed E-state index contributed by atoms with van der Waals surface area (Å²) in [6, 6.07) is 6.09. The van der Waals surface area contributed by atoms with Crippen LogP contribution in [0.1, 0.15) is 17.2 Å². The summed E-state index contributed by atoms with van der Waals surface area (Å²) >= 11 is 0. The van der Waals surface area contributed by atoms with Crippen molar-refractivity contribution in [3.8, 4) is 0 Å². The van der Waals surface area contributed by atoms with E-state index in [4.69, 9.17) is 5.84 Å². The van der Waals surface area contributed by atoms with Gasteiger partial charge in [-0.3, -0.25) is 10.5 Å². The van der Waals surface area contributed by atoms with Crippen molar-refractivity contribution in [3.63, 3.8) is 0 Å². The summed E-state index contributed by atoms with van der Waals surface area (Å²) < 4.78 is 14.8. The van der Waals surface area contributed by atoms with Crippen LogP contribution in [0, 0.1) is 5.82 Å². The maximum absolute atomic E-state index is 13.1. The Balaban J connectivity index is 2.36. The van der Waals surface area contributed by atoms with Gasteiger partial charge in [0.15, 0.2) is 0 Å². The molecule has 0 fully saturated rings. The minimum atomic E-state index is -0.276. The molecule has 5 heteroatoms. The summed E-state index contributed by atoms with van der Waals surface area (Å²) in [4.78, 5) is 0. The van der Waals surface area contributed by atoms with Crippen molar-refractivity contribution in [1.82, 2.24) is 15.2 Å². The molecule has 0 aliphatic heterocycles. The maximum atomic E-state index is 13.1. The Kier molecular flexibility index (Phi) is 2.98. The summed E-state index contributed by atoms with van der Waals surface area (Å²) in [6.45, 7) is 0. The van der Waals surface area contributed by atoms with Gasteiger partial charge in [-0.15, -0.1) is 0 Å². The molecule has 1 atom stereocenters. The zero-order chi connectivity index (χ0) is 11.5. The van der Waals surface area contributed by atoms with E-state index in [1.165, 1.54) is 12.1 Å². The lowest BCUT2D eigenvalue weighted by Crippen LogP contribution is -2.28. The van der Waals surface area contributed by atoms with E-state index in [0.717, 1.165) is 11.1 Å². The molecule has 1 heterocycles. The van der Waals surface area contributed by atoms with Gasteiger partial charge in [-0.1, -0.05) is 12.1 Å². The third-order valence-corrected chi connectivity index (χ3v) is 2.41. The summed E-state index contributed by atoms with van der Waals surface area (Å²) in [6.07, 6.45) is 3.55. The monoisotopic (exact) mass is 220 g/mol. The SMILES string of the molecule is Cn1cc(C(NN)c2cccc(F)c2)cn1. The standard InChI is InChI=1S/C11H13FN4/c1-16-7-9(6-14-16)11(15-13)8-3-2-4-10(12)5-8/h2-7,11,15H,13H2,1H3. The molecular formula is C11H13FN4. The van der Waals surface area contributed by atoms with E-state index in [-0.39, 0.29) is 11.9 Å². The average molecular weight is 220 g/mol. The van der Waals surface area contributed by atoms with Crippen LogP contribution in [-0.4, -0.2) is 9.78 Å². The second-order valence-electron chi connectivity index (χ2n) is 3.60. The highest BCUT2D eigenvalue weighted by Crippen LogP contribution is 2.20. The molecular weight excluding hydrogens is 207 g/mol. The molecule has 0 amide bonds. The van der Waals surface area contributed by atoms with Gasteiger partial charge in [-0.2, -0.15) is 5.10 Å². The molecule has 2 rings (SSSR count). The molecule has 4 nitrogen and oxygen atoms in total. The number of aryl methyl sites for hydroxylation is 1. The number of aromatic nitrogens is 2. The van der Waals surface area contributed by atoms with Gasteiger partial charge in [0, 0.05) is 18.8 Å². The van der Waals surface area contributed by atoms with Crippen molar-refractivity contribution >= 4 is 0 Å². The number of rotatable bonds is 3. The average Bonchev–Trinajstić information content (AvgIpc) is 2.66. The van der Waals surface area contributed by atoms with Crippen LogP contribution in [0.25, 0.3) is 0 Å². The summed E-state index contributed by atoms with van der Waals surface area (Å²) in [7, 11) is 1.82. The summed E-state index contributed by atoms with van der Waals surface area (Å²) in [5.74, 6) is 5.21. The lowest BCUT2D eigenvalue weighted by atomic mass is 10.0. The first kappa shape index (κ1) is 10.8. The van der Waals surface area contributed by atoms with Gasteiger partial charge >= 0.3 is 0 Å². The zero-order valence-corrected chi connectivity index (χ0v) is 8.89. The van der Waals surface area contributed by atoms with Gasteiger partial charge in [0.25, 0.3) is 0 Å². The number of nitrogens with two attached hydrogens (primary N) is 1. The molecule has 1 aromatic heterocycles. The Morgan fingerprint density at radius 2 is 2.25 bits per heavy atom. The third kappa shape index (κ3) is 2.10. The number of hydrogen-bond acceptors (Lipinski definition) is 3. The van der Waals surface area contributed by atoms with Crippen LogP contribution in [-0.2, 0) is 7.05 Å². The van der Waals surface area contributed by atoms with E-state index >= 15 is 0 Å². The molecule has 0 bridgehead atoms. The molecule has 1 unspecified atom stereocenters. The van der Waals surface area contributed by atoms with Crippen molar-refractivity contribution in [2.45, 2.75) is 6.04 Å². The number of nitrogens with zero attached hydrogens (tertiary/aromatic N) is 2. The highest BCUT2D eigenvalue weighted by molar-refractivity contribution is 5.29. The Labute approximate surface area is 92.9 Å². The van der Waals surface area contributed by atoms with Crippen LogP contribution < -0.4 is 11.3 Å². The molecule has 2 aromatic rings. The van der Waals surface area contributed by atoms with Crippen molar-refractivity contribution in [1.29, 1.82) is 0 Å². The first-order valence-corrected chi connectivity index (χ1v) is 4.91.